The summed E-state index contributed by atoms with van der Waals surface area (Å²) in [5, 5.41) is 19.3. The molecule has 0 fully saturated rings. The van der Waals surface area contributed by atoms with Gasteiger partial charge < -0.3 is 4.74 Å². The molecule has 1 aromatic carbocycles. The number of aromatic nitrogens is 1. The van der Waals surface area contributed by atoms with E-state index in [1.54, 1.807) is 6.07 Å². The van der Waals surface area contributed by atoms with E-state index in [4.69, 9.17) is 10.00 Å². The zero-order valence-electron chi connectivity index (χ0n) is 9.41. The number of non-ortho nitro benzene ring substituents is 1. The van der Waals surface area contributed by atoms with Crippen molar-refractivity contribution in [2.24, 2.45) is 0 Å². The molecule has 1 heterocycles. The Hall–Kier alpha value is -2.46. The Bertz CT molecular complexity index is 665. The molecule has 0 aliphatic heterocycles. The third-order valence-electron chi connectivity index (χ3n) is 2.21. The lowest BCUT2D eigenvalue weighted by Crippen LogP contribution is -1.92. The summed E-state index contributed by atoms with van der Waals surface area (Å²) in [6.07, 6.45) is 1.36. The standard InChI is InChI=1S/C12H6BrN3O3/c13-10-3-2-9(16(17)18)5-11(10)19-12-4-1-8(6-14)7-15-12/h1-5,7H. The van der Waals surface area contributed by atoms with Crippen LogP contribution in [0.25, 0.3) is 0 Å². The van der Waals surface area contributed by atoms with E-state index in [2.05, 4.69) is 20.9 Å². The van der Waals surface area contributed by atoms with E-state index < -0.39 is 4.92 Å². The molecular formula is C12H6BrN3O3. The van der Waals surface area contributed by atoms with Crippen molar-refractivity contribution in [1.29, 1.82) is 5.26 Å². The lowest BCUT2D eigenvalue weighted by Gasteiger charge is -2.06. The van der Waals surface area contributed by atoms with E-state index in [0.29, 0.717) is 10.0 Å². The van der Waals surface area contributed by atoms with Gasteiger partial charge in [-0.25, -0.2) is 4.98 Å². The van der Waals surface area contributed by atoms with Crippen molar-refractivity contribution in [3.63, 3.8) is 0 Å². The van der Waals surface area contributed by atoms with Crippen LogP contribution in [0.1, 0.15) is 5.56 Å². The predicted molar refractivity (Wildman–Crippen MR) is 69.8 cm³/mol. The number of rotatable bonds is 3. The number of pyridine rings is 1. The Morgan fingerprint density at radius 2 is 2.16 bits per heavy atom. The highest BCUT2D eigenvalue weighted by atomic mass is 79.9. The first-order chi connectivity index (χ1) is 9.10. The van der Waals surface area contributed by atoms with Crippen molar-refractivity contribution in [3.8, 4) is 17.7 Å². The third kappa shape index (κ3) is 3.05. The van der Waals surface area contributed by atoms with Crippen molar-refractivity contribution in [3.05, 3.63) is 56.7 Å². The van der Waals surface area contributed by atoms with E-state index in [1.807, 2.05) is 6.07 Å². The van der Waals surface area contributed by atoms with Gasteiger partial charge in [-0.15, -0.1) is 0 Å². The van der Waals surface area contributed by atoms with Gasteiger partial charge in [-0.05, 0) is 28.1 Å². The number of nitro groups is 1. The Morgan fingerprint density at radius 1 is 1.37 bits per heavy atom. The molecule has 0 atom stereocenters. The van der Waals surface area contributed by atoms with Crippen LogP contribution < -0.4 is 4.74 Å². The summed E-state index contributed by atoms with van der Waals surface area (Å²) < 4.78 is 6.00. The van der Waals surface area contributed by atoms with Crippen molar-refractivity contribution < 1.29 is 9.66 Å². The first-order valence-electron chi connectivity index (χ1n) is 5.08. The summed E-state index contributed by atoms with van der Waals surface area (Å²) in [7, 11) is 0. The fraction of sp³-hybridized carbons (Fsp3) is 0. The largest absolute Gasteiger partial charge is 0.438 e. The second-order valence-corrected chi connectivity index (χ2v) is 4.33. The highest BCUT2D eigenvalue weighted by Crippen LogP contribution is 2.32. The fourth-order valence-electron chi connectivity index (χ4n) is 1.30. The minimum Gasteiger partial charge on any atom is -0.438 e. The van der Waals surface area contributed by atoms with Gasteiger partial charge in [0, 0.05) is 18.3 Å². The molecule has 2 rings (SSSR count). The van der Waals surface area contributed by atoms with E-state index >= 15 is 0 Å². The van der Waals surface area contributed by atoms with Gasteiger partial charge in [0.25, 0.3) is 5.69 Å². The molecule has 0 radical (unpaired) electrons. The Kier molecular flexibility index (Phi) is 3.73. The first kappa shape index (κ1) is 13.0. The molecule has 0 aliphatic carbocycles. The third-order valence-corrected chi connectivity index (χ3v) is 2.86. The van der Waals surface area contributed by atoms with Gasteiger partial charge in [-0.1, -0.05) is 0 Å². The minimum atomic E-state index is -0.508. The number of benzene rings is 1. The molecule has 7 heteroatoms. The van der Waals surface area contributed by atoms with E-state index in [9.17, 15) is 10.1 Å². The monoisotopic (exact) mass is 319 g/mol. The molecule has 0 aliphatic rings. The van der Waals surface area contributed by atoms with Crippen LogP contribution in [0.2, 0.25) is 0 Å². The fourth-order valence-corrected chi connectivity index (χ4v) is 1.63. The van der Waals surface area contributed by atoms with Crippen LogP contribution in [-0.2, 0) is 0 Å². The number of nitriles is 1. The molecular weight excluding hydrogens is 314 g/mol. The van der Waals surface area contributed by atoms with Crippen LogP contribution in [0.3, 0.4) is 0 Å². The average molecular weight is 320 g/mol. The highest BCUT2D eigenvalue weighted by molar-refractivity contribution is 9.10. The summed E-state index contributed by atoms with van der Waals surface area (Å²) in [4.78, 5) is 14.1. The smallest absolute Gasteiger partial charge is 0.273 e. The van der Waals surface area contributed by atoms with Crippen molar-refractivity contribution in [2.75, 3.05) is 0 Å². The summed E-state index contributed by atoms with van der Waals surface area (Å²) in [6, 6.07) is 9.19. The number of hydrogen-bond acceptors (Lipinski definition) is 5. The Morgan fingerprint density at radius 3 is 2.74 bits per heavy atom. The molecule has 0 N–H and O–H groups in total. The number of hydrogen-bond donors (Lipinski definition) is 0. The molecule has 2 aromatic rings. The SMILES string of the molecule is N#Cc1ccc(Oc2cc([N+](=O)[O-])ccc2Br)nc1. The molecule has 0 amide bonds. The molecule has 19 heavy (non-hydrogen) atoms. The zero-order chi connectivity index (χ0) is 13.8. The first-order valence-corrected chi connectivity index (χ1v) is 5.87. The molecule has 0 bridgehead atoms. The maximum absolute atomic E-state index is 10.7. The van der Waals surface area contributed by atoms with E-state index in [0.717, 1.165) is 0 Å². The van der Waals surface area contributed by atoms with Crippen molar-refractivity contribution >= 4 is 21.6 Å². The molecule has 1 aromatic heterocycles. The van der Waals surface area contributed by atoms with Crippen LogP contribution >= 0.6 is 15.9 Å². The zero-order valence-corrected chi connectivity index (χ0v) is 11.0. The predicted octanol–water partition coefficient (Wildman–Crippen LogP) is 3.42. The molecule has 0 saturated carbocycles. The quantitative estimate of drug-likeness (QED) is 0.638. The second kappa shape index (κ2) is 5.46. The topological polar surface area (TPSA) is 89.0 Å². The molecule has 6 nitrogen and oxygen atoms in total. The molecule has 0 unspecified atom stereocenters. The highest BCUT2D eigenvalue weighted by Gasteiger charge is 2.11. The van der Waals surface area contributed by atoms with Crippen LogP contribution in [-0.4, -0.2) is 9.91 Å². The number of halogens is 1. The van der Waals surface area contributed by atoms with Crippen LogP contribution in [0, 0.1) is 21.4 Å². The summed E-state index contributed by atoms with van der Waals surface area (Å²) in [5.41, 5.74) is 0.331. The average Bonchev–Trinajstić information content (AvgIpc) is 2.42. The second-order valence-electron chi connectivity index (χ2n) is 3.47. The number of nitrogens with zero attached hydrogens (tertiary/aromatic N) is 3. The maximum Gasteiger partial charge on any atom is 0.273 e. The summed E-state index contributed by atoms with van der Waals surface area (Å²) >= 11 is 3.24. The molecule has 0 spiro atoms. The van der Waals surface area contributed by atoms with Crippen LogP contribution in [0.15, 0.2) is 41.0 Å². The normalized spacial score (nSPS) is 9.68. The van der Waals surface area contributed by atoms with Gasteiger partial charge in [-0.3, -0.25) is 10.1 Å². The molecule has 0 saturated heterocycles. The molecule has 94 valence electrons. The Labute approximate surface area is 116 Å². The number of ether oxygens (including phenoxy) is 1. The lowest BCUT2D eigenvalue weighted by molar-refractivity contribution is -0.384. The van der Waals surface area contributed by atoms with Crippen LogP contribution in [0.4, 0.5) is 5.69 Å². The van der Waals surface area contributed by atoms with Crippen molar-refractivity contribution in [1.82, 2.24) is 4.98 Å². The van der Waals surface area contributed by atoms with Crippen molar-refractivity contribution in [2.45, 2.75) is 0 Å². The van der Waals surface area contributed by atoms with Gasteiger partial charge in [0.15, 0.2) is 5.75 Å². The summed E-state index contributed by atoms with van der Waals surface area (Å²) in [6.45, 7) is 0. The van der Waals surface area contributed by atoms with Gasteiger partial charge in [-0.2, -0.15) is 5.26 Å². The van der Waals surface area contributed by atoms with Gasteiger partial charge in [0.1, 0.15) is 6.07 Å². The lowest BCUT2D eigenvalue weighted by atomic mass is 10.3. The maximum atomic E-state index is 10.7. The van der Waals surface area contributed by atoms with E-state index in [1.165, 1.54) is 30.5 Å². The van der Waals surface area contributed by atoms with Gasteiger partial charge in [0.05, 0.1) is 21.0 Å². The van der Waals surface area contributed by atoms with Crippen LogP contribution in [0.5, 0.6) is 11.6 Å². The van der Waals surface area contributed by atoms with E-state index in [-0.39, 0.29) is 17.3 Å². The van der Waals surface area contributed by atoms with Gasteiger partial charge >= 0.3 is 0 Å². The van der Waals surface area contributed by atoms with Gasteiger partial charge in [0.2, 0.25) is 5.88 Å². The summed E-state index contributed by atoms with van der Waals surface area (Å²) in [5.74, 6) is 0.534. The number of nitro benzene ring substituents is 1. The minimum absolute atomic E-state index is 0.0770. The Balaban J connectivity index is 2.29.